The Morgan fingerprint density at radius 3 is 1.86 bits per heavy atom. The van der Waals surface area contributed by atoms with Crippen molar-refractivity contribution in [1.29, 1.82) is 0 Å². The molecule has 0 aliphatic carbocycles. The molecule has 1 atom stereocenters. The van der Waals surface area contributed by atoms with Crippen LogP contribution < -0.4 is 5.48 Å². The van der Waals surface area contributed by atoms with Gasteiger partial charge in [-0.25, -0.2) is 0 Å². The number of hydrogen-bond donors (Lipinski definition) is 5. The van der Waals surface area contributed by atoms with Crippen molar-refractivity contribution in [3.05, 3.63) is 0 Å². The zero-order valence-electron chi connectivity index (χ0n) is 8.61. The lowest BCUT2D eigenvalue weighted by Gasteiger charge is -2.35. The maximum atomic E-state index is 9.02. The third-order valence-corrected chi connectivity index (χ3v) is 2.74. The smallest absolute Gasteiger partial charge is 0.0453 e. The Bertz CT molecular complexity index is 139. The van der Waals surface area contributed by atoms with Gasteiger partial charge < -0.3 is 20.5 Å². The van der Waals surface area contributed by atoms with Gasteiger partial charge in [-0.2, -0.15) is 5.48 Å². The van der Waals surface area contributed by atoms with E-state index in [1.807, 2.05) is 0 Å². The molecule has 0 radical (unpaired) electrons. The highest BCUT2D eigenvalue weighted by molar-refractivity contribution is 4.87. The number of aliphatic hydroxyl groups excluding tert-OH is 3. The summed E-state index contributed by atoms with van der Waals surface area (Å²) in [5.74, 6) is -0.0605. The molecule has 0 bridgehead atoms. The molecule has 0 fully saturated rings. The van der Waals surface area contributed by atoms with Crippen molar-refractivity contribution < 1.29 is 20.5 Å². The Hall–Kier alpha value is -0.200. The first-order valence-electron chi connectivity index (χ1n) is 4.88. The first-order valence-corrected chi connectivity index (χ1v) is 4.88. The van der Waals surface area contributed by atoms with Crippen LogP contribution in [0.1, 0.15) is 26.2 Å². The fraction of sp³-hybridized carbons (Fsp3) is 1.00. The van der Waals surface area contributed by atoms with E-state index in [2.05, 4.69) is 5.48 Å². The highest BCUT2D eigenvalue weighted by atomic mass is 16.5. The normalized spacial score (nSPS) is 15.9. The van der Waals surface area contributed by atoms with Gasteiger partial charge >= 0.3 is 0 Å². The lowest BCUT2D eigenvalue weighted by molar-refractivity contribution is 0.00279. The maximum absolute atomic E-state index is 9.02. The average molecular weight is 207 g/mol. The van der Waals surface area contributed by atoms with E-state index < -0.39 is 5.54 Å². The summed E-state index contributed by atoms with van der Waals surface area (Å²) in [6, 6.07) is 0. The Morgan fingerprint density at radius 1 is 1.07 bits per heavy atom. The molecule has 0 spiro atoms. The summed E-state index contributed by atoms with van der Waals surface area (Å²) in [6.45, 7) is 1.73. The van der Waals surface area contributed by atoms with E-state index in [1.165, 1.54) is 0 Å². The van der Waals surface area contributed by atoms with Crippen LogP contribution in [0.4, 0.5) is 0 Å². The quantitative estimate of drug-likeness (QED) is 0.346. The summed E-state index contributed by atoms with van der Waals surface area (Å²) in [7, 11) is 0. The highest BCUT2D eigenvalue weighted by Gasteiger charge is 2.32. The van der Waals surface area contributed by atoms with E-state index in [0.717, 1.165) is 0 Å². The van der Waals surface area contributed by atoms with Crippen molar-refractivity contribution in [2.75, 3.05) is 19.8 Å². The van der Waals surface area contributed by atoms with Crippen LogP contribution in [0, 0.1) is 5.92 Å². The molecule has 0 aliphatic rings. The molecular weight excluding hydrogens is 186 g/mol. The summed E-state index contributed by atoms with van der Waals surface area (Å²) in [5.41, 5.74) is 1.51. The van der Waals surface area contributed by atoms with E-state index in [4.69, 9.17) is 20.5 Å². The topological polar surface area (TPSA) is 93.0 Å². The summed E-state index contributed by atoms with van der Waals surface area (Å²) >= 11 is 0. The minimum atomic E-state index is -0.653. The first-order chi connectivity index (χ1) is 6.64. The monoisotopic (exact) mass is 207 g/mol. The third-order valence-electron chi connectivity index (χ3n) is 2.74. The summed E-state index contributed by atoms with van der Waals surface area (Å²) < 4.78 is 0. The maximum Gasteiger partial charge on any atom is 0.0453 e. The number of nitrogens with one attached hydrogen (secondary N) is 1. The van der Waals surface area contributed by atoms with Crippen molar-refractivity contribution in [2.45, 2.75) is 31.7 Å². The Kier molecular flexibility index (Phi) is 7.04. The Morgan fingerprint density at radius 2 is 1.57 bits per heavy atom. The molecule has 14 heavy (non-hydrogen) atoms. The standard InChI is InChI=1S/C9H21NO4/c1-9(10-14,4-7-13)8(2-5-11)3-6-12/h8,10-14H,2-7H2,1H3. The first kappa shape index (κ1) is 13.8. The summed E-state index contributed by atoms with van der Waals surface area (Å²) in [4.78, 5) is 0. The second-order valence-corrected chi connectivity index (χ2v) is 3.72. The van der Waals surface area contributed by atoms with Gasteiger partial charge in [-0.15, -0.1) is 0 Å². The number of aliphatic hydroxyl groups is 3. The van der Waals surface area contributed by atoms with Crippen LogP contribution in [-0.4, -0.2) is 45.9 Å². The molecule has 0 rings (SSSR count). The van der Waals surface area contributed by atoms with Gasteiger partial charge in [0.1, 0.15) is 0 Å². The third kappa shape index (κ3) is 3.89. The molecule has 0 saturated heterocycles. The molecule has 5 heteroatoms. The van der Waals surface area contributed by atoms with Crippen LogP contribution in [0.2, 0.25) is 0 Å². The molecule has 5 nitrogen and oxygen atoms in total. The van der Waals surface area contributed by atoms with Crippen LogP contribution in [-0.2, 0) is 0 Å². The van der Waals surface area contributed by atoms with E-state index in [-0.39, 0.29) is 25.7 Å². The molecule has 5 N–H and O–H groups in total. The molecule has 0 heterocycles. The lowest BCUT2D eigenvalue weighted by atomic mass is 9.80. The Balaban J connectivity index is 4.37. The molecule has 1 unspecified atom stereocenters. The fourth-order valence-electron chi connectivity index (χ4n) is 1.68. The second kappa shape index (κ2) is 7.14. The van der Waals surface area contributed by atoms with Gasteiger partial charge in [0.25, 0.3) is 0 Å². The van der Waals surface area contributed by atoms with E-state index in [9.17, 15) is 0 Å². The molecule has 0 amide bonds. The van der Waals surface area contributed by atoms with Gasteiger partial charge in [0.2, 0.25) is 0 Å². The van der Waals surface area contributed by atoms with Gasteiger partial charge in [-0.1, -0.05) is 0 Å². The molecule has 0 aromatic rings. The van der Waals surface area contributed by atoms with Crippen LogP contribution in [0.5, 0.6) is 0 Å². The van der Waals surface area contributed by atoms with Gasteiger partial charge in [0.15, 0.2) is 0 Å². The molecule has 0 aliphatic heterocycles. The number of rotatable bonds is 8. The van der Waals surface area contributed by atoms with Crippen LogP contribution in [0.3, 0.4) is 0 Å². The zero-order valence-corrected chi connectivity index (χ0v) is 8.61. The van der Waals surface area contributed by atoms with Crippen molar-refractivity contribution in [1.82, 2.24) is 5.48 Å². The summed E-state index contributed by atoms with van der Waals surface area (Å²) in [5, 5.41) is 35.5. The zero-order chi connectivity index (χ0) is 11.0. The molecule has 0 aromatic heterocycles. The van der Waals surface area contributed by atoms with Crippen molar-refractivity contribution in [3.8, 4) is 0 Å². The Labute approximate surface area is 84.3 Å². The molecule has 86 valence electrons. The van der Waals surface area contributed by atoms with Crippen molar-refractivity contribution in [2.24, 2.45) is 5.92 Å². The largest absolute Gasteiger partial charge is 0.396 e. The molecule has 0 aromatic carbocycles. The van der Waals surface area contributed by atoms with Crippen LogP contribution >= 0.6 is 0 Å². The number of hydrogen-bond acceptors (Lipinski definition) is 5. The van der Waals surface area contributed by atoms with Gasteiger partial charge in [0, 0.05) is 25.4 Å². The van der Waals surface area contributed by atoms with Crippen molar-refractivity contribution in [3.63, 3.8) is 0 Å². The summed E-state index contributed by atoms with van der Waals surface area (Å²) in [6.07, 6.45) is 1.36. The van der Waals surface area contributed by atoms with Crippen LogP contribution in [0.25, 0.3) is 0 Å². The SMILES string of the molecule is CC(CCO)(NO)C(CCO)CCO. The minimum Gasteiger partial charge on any atom is -0.396 e. The van der Waals surface area contributed by atoms with E-state index >= 15 is 0 Å². The average Bonchev–Trinajstić information content (AvgIpc) is 2.18. The van der Waals surface area contributed by atoms with Crippen molar-refractivity contribution >= 4 is 0 Å². The second-order valence-electron chi connectivity index (χ2n) is 3.72. The number of hydroxylamine groups is 1. The predicted octanol–water partition coefficient (Wildman–Crippen LogP) is -0.513. The fourth-order valence-corrected chi connectivity index (χ4v) is 1.68. The van der Waals surface area contributed by atoms with E-state index in [0.29, 0.717) is 19.3 Å². The molecular formula is C9H21NO4. The molecule has 0 saturated carbocycles. The van der Waals surface area contributed by atoms with E-state index in [1.54, 1.807) is 6.92 Å². The van der Waals surface area contributed by atoms with Gasteiger partial charge in [0.05, 0.1) is 0 Å². The highest BCUT2D eigenvalue weighted by Crippen LogP contribution is 2.26. The predicted molar refractivity (Wildman–Crippen MR) is 51.9 cm³/mol. The van der Waals surface area contributed by atoms with Crippen LogP contribution in [0.15, 0.2) is 0 Å². The minimum absolute atomic E-state index is 0.00731. The van der Waals surface area contributed by atoms with Gasteiger partial charge in [-0.05, 0) is 32.1 Å². The van der Waals surface area contributed by atoms with Gasteiger partial charge in [-0.3, -0.25) is 0 Å². The lowest BCUT2D eigenvalue weighted by Crippen LogP contribution is -2.48.